The highest BCUT2D eigenvalue weighted by atomic mass is 127. The zero-order valence-electron chi connectivity index (χ0n) is 17.9. The number of aliphatic imine (C=N–C) groups is 1. The third-order valence-corrected chi connectivity index (χ3v) is 5.80. The Morgan fingerprint density at radius 1 is 0.889 bits per heavy atom. The maximum atomic E-state index is 4.35. The molecule has 0 aliphatic carbocycles. The van der Waals surface area contributed by atoms with Gasteiger partial charge in [0.05, 0.1) is 0 Å². The molecule has 0 aromatic rings. The molecule has 0 spiro atoms. The molecule has 0 aromatic heterocycles. The second-order valence-corrected chi connectivity index (χ2v) is 8.16. The minimum Gasteiger partial charge on any atom is -0.356 e. The summed E-state index contributed by atoms with van der Waals surface area (Å²) in [6.45, 7) is 14.2. The molecule has 0 saturated carbocycles. The Hall–Kier alpha value is -0.120. The van der Waals surface area contributed by atoms with Crippen molar-refractivity contribution in [3.05, 3.63) is 0 Å². The van der Waals surface area contributed by atoms with Gasteiger partial charge in [0, 0.05) is 33.2 Å². The standard InChI is InChI=1S/C20H42N6.HI/c1-19-7-15-26(16-8-19)13-5-10-23-20(21-2)22-9-4-12-25-14-6-11-24(3)17-18-25;/h19H,4-18H2,1-3H3,(H2,21,22,23);1H. The largest absolute Gasteiger partial charge is 0.356 e. The number of nitrogens with zero attached hydrogens (tertiary/aromatic N) is 4. The number of hydrogen-bond donors (Lipinski definition) is 2. The van der Waals surface area contributed by atoms with E-state index in [9.17, 15) is 0 Å². The average Bonchev–Trinajstić information content (AvgIpc) is 2.86. The SMILES string of the molecule is CN=C(NCCCN1CCC(C)CC1)NCCCN1CCCN(C)CC1.I. The molecular weight excluding hydrogens is 451 g/mol. The molecule has 2 heterocycles. The number of halogens is 1. The first-order valence-corrected chi connectivity index (χ1v) is 10.7. The van der Waals surface area contributed by atoms with Gasteiger partial charge in [-0.25, -0.2) is 0 Å². The first kappa shape index (κ1) is 24.9. The molecule has 2 N–H and O–H groups in total. The summed E-state index contributed by atoms with van der Waals surface area (Å²) in [4.78, 5) is 12.0. The van der Waals surface area contributed by atoms with E-state index in [1.54, 1.807) is 0 Å². The lowest BCUT2D eigenvalue weighted by Gasteiger charge is -2.30. The molecule has 0 bridgehead atoms. The van der Waals surface area contributed by atoms with Gasteiger partial charge in [-0.1, -0.05) is 6.92 Å². The van der Waals surface area contributed by atoms with E-state index in [1.807, 2.05) is 7.05 Å². The van der Waals surface area contributed by atoms with Gasteiger partial charge in [0.1, 0.15) is 0 Å². The van der Waals surface area contributed by atoms with Gasteiger partial charge < -0.3 is 25.3 Å². The van der Waals surface area contributed by atoms with Crippen molar-refractivity contribution < 1.29 is 0 Å². The molecule has 27 heavy (non-hydrogen) atoms. The number of likely N-dealkylation sites (N-methyl/N-ethyl adjacent to an activating group) is 1. The molecule has 0 atom stereocenters. The fraction of sp³-hybridized carbons (Fsp3) is 0.950. The second kappa shape index (κ2) is 14.8. The Morgan fingerprint density at radius 2 is 1.48 bits per heavy atom. The van der Waals surface area contributed by atoms with Crippen molar-refractivity contribution in [2.24, 2.45) is 10.9 Å². The Bertz CT molecular complexity index is 398. The highest BCUT2D eigenvalue weighted by Crippen LogP contribution is 2.15. The zero-order chi connectivity index (χ0) is 18.6. The van der Waals surface area contributed by atoms with E-state index in [-0.39, 0.29) is 24.0 Å². The minimum absolute atomic E-state index is 0. The summed E-state index contributed by atoms with van der Waals surface area (Å²) in [7, 11) is 4.10. The van der Waals surface area contributed by atoms with E-state index in [0.717, 1.165) is 25.0 Å². The normalized spacial score (nSPS) is 21.5. The second-order valence-electron chi connectivity index (χ2n) is 8.16. The quantitative estimate of drug-likeness (QED) is 0.234. The maximum absolute atomic E-state index is 4.35. The van der Waals surface area contributed by atoms with E-state index < -0.39 is 0 Å². The van der Waals surface area contributed by atoms with Gasteiger partial charge >= 0.3 is 0 Å². The lowest BCUT2D eigenvalue weighted by molar-refractivity contribution is 0.191. The van der Waals surface area contributed by atoms with E-state index in [2.05, 4.69) is 44.3 Å². The number of likely N-dealkylation sites (tertiary alicyclic amines) is 1. The van der Waals surface area contributed by atoms with Crippen molar-refractivity contribution in [2.75, 3.05) is 79.5 Å². The van der Waals surface area contributed by atoms with Gasteiger partial charge in [-0.2, -0.15) is 0 Å². The Balaban J connectivity index is 0.00000364. The first-order chi connectivity index (χ1) is 12.7. The molecule has 6 nitrogen and oxygen atoms in total. The molecule has 0 amide bonds. The maximum Gasteiger partial charge on any atom is 0.190 e. The Kier molecular flexibility index (Phi) is 13.7. The van der Waals surface area contributed by atoms with Crippen LogP contribution in [-0.2, 0) is 0 Å². The van der Waals surface area contributed by atoms with Crippen LogP contribution in [0.5, 0.6) is 0 Å². The predicted molar refractivity (Wildman–Crippen MR) is 127 cm³/mol. The average molecular weight is 495 g/mol. The summed E-state index contributed by atoms with van der Waals surface area (Å²) in [6.07, 6.45) is 6.39. The molecule has 2 aliphatic heterocycles. The summed E-state index contributed by atoms with van der Waals surface area (Å²) in [6, 6.07) is 0. The number of nitrogens with one attached hydrogen (secondary N) is 2. The van der Waals surface area contributed by atoms with Crippen LogP contribution in [-0.4, -0.2) is 100 Å². The topological polar surface area (TPSA) is 46.1 Å². The highest BCUT2D eigenvalue weighted by molar-refractivity contribution is 14.0. The van der Waals surface area contributed by atoms with E-state index in [4.69, 9.17) is 0 Å². The van der Waals surface area contributed by atoms with Gasteiger partial charge in [0.2, 0.25) is 0 Å². The monoisotopic (exact) mass is 494 g/mol. The third-order valence-electron chi connectivity index (χ3n) is 5.80. The summed E-state index contributed by atoms with van der Waals surface area (Å²) >= 11 is 0. The van der Waals surface area contributed by atoms with Crippen LogP contribution < -0.4 is 10.6 Å². The predicted octanol–water partition coefficient (Wildman–Crippen LogP) is 1.92. The van der Waals surface area contributed by atoms with Crippen LogP contribution in [0.4, 0.5) is 0 Å². The van der Waals surface area contributed by atoms with Crippen LogP contribution in [0.2, 0.25) is 0 Å². The van der Waals surface area contributed by atoms with Crippen LogP contribution in [0.15, 0.2) is 4.99 Å². The van der Waals surface area contributed by atoms with Crippen LogP contribution in [0.1, 0.15) is 39.0 Å². The summed E-state index contributed by atoms with van der Waals surface area (Å²) in [5.41, 5.74) is 0. The summed E-state index contributed by atoms with van der Waals surface area (Å²) in [5, 5.41) is 6.93. The molecule has 2 saturated heterocycles. The summed E-state index contributed by atoms with van der Waals surface area (Å²) in [5.74, 6) is 1.87. The molecular formula is C20H43IN6. The molecule has 160 valence electrons. The molecule has 0 unspecified atom stereocenters. The smallest absolute Gasteiger partial charge is 0.190 e. The highest BCUT2D eigenvalue weighted by Gasteiger charge is 2.15. The fourth-order valence-electron chi connectivity index (χ4n) is 3.85. The van der Waals surface area contributed by atoms with Gasteiger partial charge in [0.25, 0.3) is 0 Å². The number of piperidine rings is 1. The van der Waals surface area contributed by atoms with E-state index >= 15 is 0 Å². The molecule has 2 rings (SSSR count). The number of rotatable bonds is 8. The minimum atomic E-state index is 0. The molecule has 7 heteroatoms. The molecule has 0 aromatic carbocycles. The van der Waals surface area contributed by atoms with Crippen molar-refractivity contribution in [2.45, 2.75) is 39.0 Å². The van der Waals surface area contributed by atoms with Gasteiger partial charge in [0.15, 0.2) is 5.96 Å². The lowest BCUT2D eigenvalue weighted by atomic mass is 9.99. The number of guanidine groups is 1. The van der Waals surface area contributed by atoms with Crippen molar-refractivity contribution in [3.8, 4) is 0 Å². The molecule has 2 fully saturated rings. The molecule has 0 radical (unpaired) electrons. The van der Waals surface area contributed by atoms with Crippen LogP contribution >= 0.6 is 24.0 Å². The van der Waals surface area contributed by atoms with E-state index in [1.165, 1.54) is 84.5 Å². The van der Waals surface area contributed by atoms with Crippen LogP contribution in [0.25, 0.3) is 0 Å². The number of hydrogen-bond acceptors (Lipinski definition) is 4. The van der Waals surface area contributed by atoms with Crippen LogP contribution in [0, 0.1) is 5.92 Å². The van der Waals surface area contributed by atoms with Gasteiger partial charge in [-0.15, -0.1) is 24.0 Å². The van der Waals surface area contributed by atoms with Crippen molar-refractivity contribution in [3.63, 3.8) is 0 Å². The van der Waals surface area contributed by atoms with E-state index in [0.29, 0.717) is 0 Å². The van der Waals surface area contributed by atoms with Crippen LogP contribution in [0.3, 0.4) is 0 Å². The molecule has 2 aliphatic rings. The lowest BCUT2D eigenvalue weighted by Crippen LogP contribution is -2.40. The van der Waals surface area contributed by atoms with Crippen molar-refractivity contribution in [1.29, 1.82) is 0 Å². The Morgan fingerprint density at radius 3 is 2.07 bits per heavy atom. The summed E-state index contributed by atoms with van der Waals surface area (Å²) < 4.78 is 0. The van der Waals surface area contributed by atoms with Crippen molar-refractivity contribution in [1.82, 2.24) is 25.3 Å². The third kappa shape index (κ3) is 10.9. The fourth-order valence-corrected chi connectivity index (χ4v) is 3.85. The van der Waals surface area contributed by atoms with Gasteiger partial charge in [-0.3, -0.25) is 4.99 Å². The Labute approximate surface area is 184 Å². The first-order valence-electron chi connectivity index (χ1n) is 10.7. The van der Waals surface area contributed by atoms with Gasteiger partial charge in [-0.05, 0) is 84.3 Å². The zero-order valence-corrected chi connectivity index (χ0v) is 20.2. The van der Waals surface area contributed by atoms with Crippen molar-refractivity contribution >= 4 is 29.9 Å².